The van der Waals surface area contributed by atoms with Gasteiger partial charge >= 0.3 is 0 Å². The van der Waals surface area contributed by atoms with Gasteiger partial charge in [0.1, 0.15) is 11.6 Å². The van der Waals surface area contributed by atoms with Crippen LogP contribution >= 0.6 is 0 Å². The lowest BCUT2D eigenvalue weighted by Gasteiger charge is -2.38. The van der Waals surface area contributed by atoms with Crippen LogP contribution in [0.15, 0.2) is 18.2 Å². The third kappa shape index (κ3) is 3.01. The second kappa shape index (κ2) is 5.56. The number of nitrogens with one attached hydrogen (secondary N) is 1. The van der Waals surface area contributed by atoms with Crippen molar-refractivity contribution in [3.05, 3.63) is 35.4 Å². The van der Waals surface area contributed by atoms with Gasteiger partial charge in [0, 0.05) is 37.3 Å². The van der Waals surface area contributed by atoms with E-state index in [2.05, 4.69) is 17.1 Å². The fraction of sp³-hybridized carbons (Fsp3) is 0.538. The number of halogens is 2. The normalized spacial score (nSPS) is 16.2. The molecule has 1 aliphatic rings. The highest BCUT2D eigenvalue weighted by Crippen LogP contribution is 2.15. The Bertz CT molecular complexity index is 378. The van der Waals surface area contributed by atoms with Gasteiger partial charge in [-0.3, -0.25) is 4.90 Å². The van der Waals surface area contributed by atoms with E-state index in [9.17, 15) is 8.78 Å². The molecule has 1 heterocycles. The molecular weight excluding hydrogens is 222 g/mol. The van der Waals surface area contributed by atoms with Gasteiger partial charge in [0.2, 0.25) is 0 Å². The number of benzene rings is 1. The number of hydrogen-bond donors (Lipinski definition) is 1. The summed E-state index contributed by atoms with van der Waals surface area (Å²) in [5.41, 5.74) is 0.576. The number of nitrogens with zero attached hydrogens (tertiary/aromatic N) is 1. The SMILES string of the molecule is CCCN(Cc1ccc(F)cc1F)C1CNC1. The standard InChI is InChI=1S/C13H18F2N2/c1-2-5-17(12-7-16-8-12)9-10-3-4-11(14)6-13(10)15/h3-4,6,12,16H,2,5,7-9H2,1H3. The first kappa shape index (κ1) is 12.5. The summed E-state index contributed by atoms with van der Waals surface area (Å²) in [5, 5.41) is 3.21. The van der Waals surface area contributed by atoms with Crippen LogP contribution in [0.5, 0.6) is 0 Å². The Kier molecular flexibility index (Phi) is 4.07. The van der Waals surface area contributed by atoms with Crippen molar-refractivity contribution in [3.63, 3.8) is 0 Å². The lowest BCUT2D eigenvalue weighted by molar-refractivity contribution is 0.136. The van der Waals surface area contributed by atoms with Crippen molar-refractivity contribution in [3.8, 4) is 0 Å². The molecule has 1 aromatic rings. The largest absolute Gasteiger partial charge is 0.314 e. The Morgan fingerprint density at radius 3 is 2.65 bits per heavy atom. The fourth-order valence-electron chi connectivity index (χ4n) is 2.08. The molecule has 0 aliphatic carbocycles. The predicted molar refractivity (Wildman–Crippen MR) is 63.7 cm³/mol. The van der Waals surface area contributed by atoms with Crippen molar-refractivity contribution in [1.29, 1.82) is 0 Å². The van der Waals surface area contributed by atoms with Gasteiger partial charge in [-0.15, -0.1) is 0 Å². The van der Waals surface area contributed by atoms with Crippen LogP contribution in [0.25, 0.3) is 0 Å². The lowest BCUT2D eigenvalue weighted by atomic mass is 10.1. The van der Waals surface area contributed by atoms with E-state index in [-0.39, 0.29) is 0 Å². The van der Waals surface area contributed by atoms with Crippen LogP contribution in [0.3, 0.4) is 0 Å². The molecular formula is C13H18F2N2. The van der Waals surface area contributed by atoms with E-state index in [4.69, 9.17) is 0 Å². The molecule has 0 saturated carbocycles. The molecule has 0 aromatic heterocycles. The molecule has 0 unspecified atom stereocenters. The van der Waals surface area contributed by atoms with Gasteiger partial charge < -0.3 is 5.32 Å². The highest BCUT2D eigenvalue weighted by atomic mass is 19.1. The van der Waals surface area contributed by atoms with E-state index in [1.807, 2.05) is 0 Å². The van der Waals surface area contributed by atoms with E-state index in [1.54, 1.807) is 6.07 Å². The monoisotopic (exact) mass is 240 g/mol. The van der Waals surface area contributed by atoms with Gasteiger partial charge in [-0.05, 0) is 19.0 Å². The van der Waals surface area contributed by atoms with Gasteiger partial charge in [-0.25, -0.2) is 8.78 Å². The average molecular weight is 240 g/mol. The van der Waals surface area contributed by atoms with Crippen molar-refractivity contribution in [2.45, 2.75) is 25.9 Å². The Labute approximate surface area is 101 Å². The molecule has 2 nitrogen and oxygen atoms in total. The molecule has 1 saturated heterocycles. The van der Waals surface area contributed by atoms with Crippen LogP contribution in [0.2, 0.25) is 0 Å². The Balaban J connectivity index is 2.05. The van der Waals surface area contributed by atoms with Crippen molar-refractivity contribution >= 4 is 0 Å². The third-order valence-electron chi connectivity index (χ3n) is 3.18. The molecule has 0 bridgehead atoms. The van der Waals surface area contributed by atoms with Crippen molar-refractivity contribution < 1.29 is 8.78 Å². The summed E-state index contributed by atoms with van der Waals surface area (Å²) in [6, 6.07) is 4.30. The topological polar surface area (TPSA) is 15.3 Å². The number of rotatable bonds is 5. The van der Waals surface area contributed by atoms with E-state index in [0.717, 1.165) is 32.1 Å². The zero-order valence-corrected chi connectivity index (χ0v) is 10.0. The van der Waals surface area contributed by atoms with Crippen LogP contribution in [0.1, 0.15) is 18.9 Å². The van der Waals surface area contributed by atoms with E-state index in [0.29, 0.717) is 18.2 Å². The first-order valence-corrected chi connectivity index (χ1v) is 6.09. The summed E-state index contributed by atoms with van der Waals surface area (Å²) >= 11 is 0. The molecule has 1 aromatic carbocycles. The van der Waals surface area contributed by atoms with Crippen LogP contribution in [0, 0.1) is 11.6 Å². The molecule has 0 spiro atoms. The summed E-state index contributed by atoms with van der Waals surface area (Å²) in [4.78, 5) is 2.26. The second-order valence-electron chi connectivity index (χ2n) is 4.52. The summed E-state index contributed by atoms with van der Waals surface area (Å²) < 4.78 is 26.4. The summed E-state index contributed by atoms with van der Waals surface area (Å²) in [5.74, 6) is -0.961. The van der Waals surface area contributed by atoms with E-state index in [1.165, 1.54) is 6.07 Å². The first-order valence-electron chi connectivity index (χ1n) is 6.09. The maximum atomic E-state index is 13.6. The smallest absolute Gasteiger partial charge is 0.130 e. The summed E-state index contributed by atoms with van der Waals surface area (Å²) in [6.45, 7) is 5.54. The molecule has 2 rings (SSSR count). The highest BCUT2D eigenvalue weighted by molar-refractivity contribution is 5.18. The van der Waals surface area contributed by atoms with Gasteiger partial charge in [-0.2, -0.15) is 0 Å². The third-order valence-corrected chi connectivity index (χ3v) is 3.18. The Hall–Kier alpha value is -1.00. The van der Waals surface area contributed by atoms with Gasteiger partial charge in [-0.1, -0.05) is 13.0 Å². The Morgan fingerprint density at radius 1 is 1.35 bits per heavy atom. The molecule has 1 aliphatic heterocycles. The van der Waals surface area contributed by atoms with E-state index < -0.39 is 11.6 Å². The summed E-state index contributed by atoms with van der Waals surface area (Å²) in [7, 11) is 0. The molecule has 94 valence electrons. The van der Waals surface area contributed by atoms with Gasteiger partial charge in [0.25, 0.3) is 0 Å². The minimum absolute atomic E-state index is 0.446. The molecule has 0 amide bonds. The number of hydrogen-bond acceptors (Lipinski definition) is 2. The van der Waals surface area contributed by atoms with Crippen molar-refractivity contribution in [2.75, 3.05) is 19.6 Å². The molecule has 1 fully saturated rings. The minimum atomic E-state index is -0.515. The zero-order chi connectivity index (χ0) is 12.3. The maximum absolute atomic E-state index is 13.6. The second-order valence-corrected chi connectivity index (χ2v) is 4.52. The van der Waals surface area contributed by atoms with Crippen LogP contribution in [-0.4, -0.2) is 30.6 Å². The van der Waals surface area contributed by atoms with Crippen LogP contribution in [0.4, 0.5) is 8.78 Å². The first-order chi connectivity index (χ1) is 8.20. The fourth-order valence-corrected chi connectivity index (χ4v) is 2.08. The molecule has 0 atom stereocenters. The Morgan fingerprint density at radius 2 is 2.12 bits per heavy atom. The lowest BCUT2D eigenvalue weighted by Crippen LogP contribution is -2.57. The predicted octanol–water partition coefficient (Wildman–Crippen LogP) is 2.15. The molecule has 1 N–H and O–H groups in total. The van der Waals surface area contributed by atoms with Crippen LogP contribution < -0.4 is 5.32 Å². The van der Waals surface area contributed by atoms with Crippen LogP contribution in [-0.2, 0) is 6.54 Å². The molecule has 0 radical (unpaired) electrons. The maximum Gasteiger partial charge on any atom is 0.130 e. The van der Waals surface area contributed by atoms with Crippen molar-refractivity contribution in [1.82, 2.24) is 10.2 Å². The summed E-state index contributed by atoms with van der Waals surface area (Å²) in [6.07, 6.45) is 1.04. The van der Waals surface area contributed by atoms with E-state index >= 15 is 0 Å². The van der Waals surface area contributed by atoms with Crippen molar-refractivity contribution in [2.24, 2.45) is 0 Å². The molecule has 17 heavy (non-hydrogen) atoms. The quantitative estimate of drug-likeness (QED) is 0.848. The zero-order valence-electron chi connectivity index (χ0n) is 10.0. The highest BCUT2D eigenvalue weighted by Gasteiger charge is 2.24. The molecule has 4 heteroatoms. The minimum Gasteiger partial charge on any atom is -0.314 e. The van der Waals surface area contributed by atoms with Gasteiger partial charge in [0.15, 0.2) is 0 Å². The van der Waals surface area contributed by atoms with Gasteiger partial charge in [0.05, 0.1) is 0 Å². The average Bonchev–Trinajstić information content (AvgIpc) is 2.20.